The maximum atomic E-state index is 12.9. The highest BCUT2D eigenvalue weighted by Gasteiger charge is 2.49. The number of methoxy groups -OCH3 is 2. The molecule has 1 saturated carbocycles. The number of hydrogen-bond donors (Lipinski definition) is 0. The molecule has 0 aromatic heterocycles. The lowest BCUT2D eigenvalue weighted by Crippen LogP contribution is -2.42. The maximum absolute atomic E-state index is 12.9. The Labute approximate surface area is 174 Å². The van der Waals surface area contributed by atoms with E-state index in [1.807, 2.05) is 52.0 Å². The van der Waals surface area contributed by atoms with E-state index in [-0.39, 0.29) is 30.2 Å². The van der Waals surface area contributed by atoms with Gasteiger partial charge in [0.15, 0.2) is 0 Å². The third-order valence-corrected chi connectivity index (χ3v) is 5.73. The molecule has 3 atom stereocenters. The van der Waals surface area contributed by atoms with E-state index in [1.54, 1.807) is 7.11 Å². The van der Waals surface area contributed by atoms with Gasteiger partial charge in [0.2, 0.25) is 0 Å². The molecule has 5 heteroatoms. The van der Waals surface area contributed by atoms with Gasteiger partial charge in [-0.1, -0.05) is 24.3 Å². The standard InChI is InChI=1S/C24H34O5/c1-16(2)19-12-13-24(22(26)28-7,15-21(25)29-23(3,4)5)14-20(19)17-8-10-18(27-6)11-9-17/h8-11,19-20H,1,12-15H2,2-7H3/t19-,20-,24-/m0/s1. The van der Waals surface area contributed by atoms with Gasteiger partial charge >= 0.3 is 11.9 Å². The zero-order valence-corrected chi connectivity index (χ0v) is 18.5. The fourth-order valence-corrected chi connectivity index (χ4v) is 4.38. The number of allylic oxidation sites excluding steroid dienone is 1. The summed E-state index contributed by atoms with van der Waals surface area (Å²) in [5.41, 5.74) is 0.698. The Morgan fingerprint density at radius 3 is 2.28 bits per heavy atom. The topological polar surface area (TPSA) is 61.8 Å². The van der Waals surface area contributed by atoms with E-state index in [9.17, 15) is 9.59 Å². The highest BCUT2D eigenvalue weighted by atomic mass is 16.6. The minimum absolute atomic E-state index is 0.0203. The zero-order valence-electron chi connectivity index (χ0n) is 18.5. The summed E-state index contributed by atoms with van der Waals surface area (Å²) in [6, 6.07) is 7.90. The molecule has 160 valence electrons. The Kier molecular flexibility index (Phi) is 7.15. The molecule has 0 unspecified atom stereocenters. The lowest BCUT2D eigenvalue weighted by atomic mass is 9.61. The first-order valence-electron chi connectivity index (χ1n) is 10.1. The smallest absolute Gasteiger partial charge is 0.312 e. The van der Waals surface area contributed by atoms with Gasteiger partial charge in [-0.2, -0.15) is 0 Å². The van der Waals surface area contributed by atoms with Crippen LogP contribution in [-0.2, 0) is 19.1 Å². The number of carbonyl (C=O) groups is 2. The molecule has 0 amide bonds. The number of carbonyl (C=O) groups excluding carboxylic acids is 2. The second-order valence-corrected chi connectivity index (χ2v) is 9.11. The van der Waals surface area contributed by atoms with Crippen LogP contribution in [0.25, 0.3) is 0 Å². The van der Waals surface area contributed by atoms with Crippen molar-refractivity contribution in [1.82, 2.24) is 0 Å². The second-order valence-electron chi connectivity index (χ2n) is 9.11. The highest BCUT2D eigenvalue weighted by molar-refractivity contribution is 5.84. The van der Waals surface area contributed by atoms with Crippen molar-refractivity contribution in [3.8, 4) is 5.75 Å². The number of esters is 2. The molecule has 0 spiro atoms. The van der Waals surface area contributed by atoms with E-state index in [1.165, 1.54) is 7.11 Å². The molecule has 1 aromatic rings. The fraction of sp³-hybridized carbons (Fsp3) is 0.583. The molecule has 0 saturated heterocycles. The van der Waals surface area contributed by atoms with E-state index in [0.29, 0.717) is 12.8 Å². The number of ether oxygens (including phenoxy) is 3. The molecular formula is C24H34O5. The fourth-order valence-electron chi connectivity index (χ4n) is 4.38. The third kappa shape index (κ3) is 5.62. The van der Waals surface area contributed by atoms with Gasteiger partial charge in [0, 0.05) is 0 Å². The lowest BCUT2D eigenvalue weighted by molar-refractivity contribution is -0.169. The molecule has 1 aliphatic carbocycles. The van der Waals surface area contributed by atoms with Crippen molar-refractivity contribution in [1.29, 1.82) is 0 Å². The van der Waals surface area contributed by atoms with Crippen LogP contribution in [0.2, 0.25) is 0 Å². The molecule has 0 radical (unpaired) electrons. The predicted molar refractivity (Wildman–Crippen MR) is 113 cm³/mol. The van der Waals surface area contributed by atoms with Gasteiger partial charge in [-0.25, -0.2) is 0 Å². The summed E-state index contributed by atoms with van der Waals surface area (Å²) in [6.45, 7) is 11.7. The summed E-state index contributed by atoms with van der Waals surface area (Å²) < 4.78 is 15.9. The van der Waals surface area contributed by atoms with Gasteiger partial charge in [-0.05, 0) is 76.5 Å². The summed E-state index contributed by atoms with van der Waals surface area (Å²) in [5, 5.41) is 0. The Bertz CT molecular complexity index is 744. The zero-order chi connectivity index (χ0) is 21.8. The van der Waals surface area contributed by atoms with Gasteiger partial charge in [-0.15, -0.1) is 0 Å². The van der Waals surface area contributed by atoms with E-state index in [0.717, 1.165) is 23.3 Å². The van der Waals surface area contributed by atoms with Crippen LogP contribution >= 0.6 is 0 Å². The quantitative estimate of drug-likeness (QED) is 0.492. The van der Waals surface area contributed by atoms with Crippen LogP contribution in [0, 0.1) is 11.3 Å². The lowest BCUT2D eigenvalue weighted by Gasteiger charge is -2.43. The van der Waals surface area contributed by atoms with E-state index < -0.39 is 11.0 Å². The molecule has 1 aliphatic rings. The van der Waals surface area contributed by atoms with E-state index >= 15 is 0 Å². The largest absolute Gasteiger partial charge is 0.497 e. The first-order valence-corrected chi connectivity index (χ1v) is 10.1. The van der Waals surface area contributed by atoms with Crippen molar-refractivity contribution in [3.05, 3.63) is 42.0 Å². The maximum Gasteiger partial charge on any atom is 0.312 e. The third-order valence-electron chi connectivity index (χ3n) is 5.73. The average Bonchev–Trinajstić information content (AvgIpc) is 2.65. The first-order chi connectivity index (χ1) is 13.5. The summed E-state index contributed by atoms with van der Waals surface area (Å²) in [5.74, 6) is 0.366. The molecule has 5 nitrogen and oxygen atoms in total. The molecule has 0 heterocycles. The number of rotatable bonds is 6. The summed E-state index contributed by atoms with van der Waals surface area (Å²) in [6.07, 6.45) is 1.88. The summed E-state index contributed by atoms with van der Waals surface area (Å²) in [7, 11) is 3.02. The Morgan fingerprint density at radius 2 is 1.79 bits per heavy atom. The normalized spacial score (nSPS) is 24.5. The van der Waals surface area contributed by atoms with Crippen LogP contribution in [-0.4, -0.2) is 31.8 Å². The molecule has 0 bridgehead atoms. The van der Waals surface area contributed by atoms with Crippen molar-refractivity contribution in [3.63, 3.8) is 0 Å². The summed E-state index contributed by atoms with van der Waals surface area (Å²) >= 11 is 0. The van der Waals surface area contributed by atoms with E-state index in [4.69, 9.17) is 14.2 Å². The monoisotopic (exact) mass is 402 g/mol. The first kappa shape index (κ1) is 23.0. The van der Waals surface area contributed by atoms with Crippen molar-refractivity contribution >= 4 is 11.9 Å². The van der Waals surface area contributed by atoms with Crippen LogP contribution in [0.15, 0.2) is 36.4 Å². The molecule has 29 heavy (non-hydrogen) atoms. The van der Waals surface area contributed by atoms with Crippen LogP contribution in [0.5, 0.6) is 5.75 Å². The van der Waals surface area contributed by atoms with Gasteiger partial charge in [0.25, 0.3) is 0 Å². The molecule has 2 rings (SSSR count). The summed E-state index contributed by atoms with van der Waals surface area (Å²) in [4.78, 5) is 25.5. The number of hydrogen-bond acceptors (Lipinski definition) is 5. The SMILES string of the molecule is C=C(C)[C@@H]1CC[C@](CC(=O)OC(C)(C)C)(C(=O)OC)C[C@H]1c1ccc(OC)cc1. The van der Waals surface area contributed by atoms with Gasteiger partial charge in [0.1, 0.15) is 11.4 Å². The molecule has 1 fully saturated rings. The molecule has 1 aromatic carbocycles. The van der Waals surface area contributed by atoms with E-state index in [2.05, 4.69) is 6.58 Å². The Morgan fingerprint density at radius 1 is 1.17 bits per heavy atom. The van der Waals surface area contributed by atoms with Crippen LogP contribution < -0.4 is 4.74 Å². The predicted octanol–water partition coefficient (Wildman–Crippen LogP) is 5.05. The average molecular weight is 403 g/mol. The van der Waals surface area contributed by atoms with Crippen LogP contribution in [0.3, 0.4) is 0 Å². The van der Waals surface area contributed by atoms with Gasteiger partial charge < -0.3 is 14.2 Å². The minimum Gasteiger partial charge on any atom is -0.497 e. The highest BCUT2D eigenvalue weighted by Crippen LogP contribution is 2.51. The molecule has 0 aliphatic heterocycles. The van der Waals surface area contributed by atoms with Gasteiger partial charge in [0.05, 0.1) is 26.1 Å². The van der Waals surface area contributed by atoms with Crippen LogP contribution in [0.1, 0.15) is 64.9 Å². The molecular weight excluding hydrogens is 368 g/mol. The molecule has 0 N–H and O–H groups in total. The Balaban J connectivity index is 2.38. The van der Waals surface area contributed by atoms with Crippen LogP contribution in [0.4, 0.5) is 0 Å². The van der Waals surface area contributed by atoms with Crippen molar-refractivity contribution in [2.45, 2.75) is 64.9 Å². The Hall–Kier alpha value is -2.30. The van der Waals surface area contributed by atoms with Crippen molar-refractivity contribution in [2.75, 3.05) is 14.2 Å². The second kappa shape index (κ2) is 9.02. The van der Waals surface area contributed by atoms with Crippen molar-refractivity contribution in [2.24, 2.45) is 11.3 Å². The number of benzene rings is 1. The van der Waals surface area contributed by atoms with Gasteiger partial charge in [-0.3, -0.25) is 9.59 Å². The minimum atomic E-state index is -0.895. The van der Waals surface area contributed by atoms with Crippen molar-refractivity contribution < 1.29 is 23.8 Å².